The maximum Gasteiger partial charge on any atom is 0.185 e. The zero-order valence-corrected chi connectivity index (χ0v) is 12.1. The molecule has 0 fully saturated rings. The maximum atomic E-state index is 14.2. The Bertz CT molecular complexity index is 591. The van der Waals surface area contributed by atoms with Crippen molar-refractivity contribution >= 4 is 5.69 Å². The first-order chi connectivity index (χ1) is 9.49. The molecule has 20 heavy (non-hydrogen) atoms. The van der Waals surface area contributed by atoms with Crippen molar-refractivity contribution in [2.75, 3.05) is 5.73 Å². The van der Waals surface area contributed by atoms with Gasteiger partial charge in [-0.2, -0.15) is 0 Å². The van der Waals surface area contributed by atoms with Crippen LogP contribution in [0.5, 0.6) is 0 Å². The molecule has 2 aromatic rings. The van der Waals surface area contributed by atoms with Gasteiger partial charge in [0.2, 0.25) is 0 Å². The molecule has 0 aliphatic carbocycles. The third-order valence-electron chi connectivity index (χ3n) is 3.20. The van der Waals surface area contributed by atoms with Crippen LogP contribution in [-0.4, -0.2) is 20.2 Å². The third-order valence-corrected chi connectivity index (χ3v) is 3.20. The zero-order valence-electron chi connectivity index (χ0n) is 12.1. The minimum absolute atomic E-state index is 0.320. The normalized spacial score (nSPS) is 11.2. The second-order valence-electron chi connectivity index (χ2n) is 5.46. The van der Waals surface area contributed by atoms with E-state index in [-0.39, 0.29) is 5.82 Å². The molecule has 0 aliphatic heterocycles. The number of tetrazole rings is 1. The molecule has 0 atom stereocenters. The van der Waals surface area contributed by atoms with E-state index in [9.17, 15) is 4.39 Å². The van der Waals surface area contributed by atoms with Crippen LogP contribution >= 0.6 is 0 Å². The Kier molecular flexibility index (Phi) is 4.32. The summed E-state index contributed by atoms with van der Waals surface area (Å²) >= 11 is 0. The Labute approximate surface area is 118 Å². The average molecular weight is 277 g/mol. The second-order valence-corrected chi connectivity index (χ2v) is 5.46. The SMILES string of the molecule is Cc1cc(N)cc(-c2nnnn2CCCC(C)C)c1F. The van der Waals surface area contributed by atoms with Crippen LogP contribution in [0.25, 0.3) is 11.4 Å². The summed E-state index contributed by atoms with van der Waals surface area (Å²) in [6.45, 7) is 6.69. The fourth-order valence-electron chi connectivity index (χ4n) is 2.16. The average Bonchev–Trinajstić information content (AvgIpc) is 2.81. The minimum Gasteiger partial charge on any atom is -0.399 e. The number of halogens is 1. The highest BCUT2D eigenvalue weighted by atomic mass is 19.1. The molecule has 0 saturated carbocycles. The third kappa shape index (κ3) is 3.12. The molecule has 6 heteroatoms. The number of nitrogen functional groups attached to an aromatic ring is 1. The predicted octanol–water partition coefficient (Wildman–Crippen LogP) is 2.81. The highest BCUT2D eigenvalue weighted by Crippen LogP contribution is 2.25. The summed E-state index contributed by atoms with van der Waals surface area (Å²) in [5.74, 6) is 0.738. The van der Waals surface area contributed by atoms with E-state index in [1.165, 1.54) is 0 Å². The largest absolute Gasteiger partial charge is 0.399 e. The molecule has 0 bridgehead atoms. The molecule has 2 N–H and O–H groups in total. The molecule has 0 radical (unpaired) electrons. The van der Waals surface area contributed by atoms with Crippen molar-refractivity contribution < 1.29 is 4.39 Å². The van der Waals surface area contributed by atoms with Crippen LogP contribution in [-0.2, 0) is 6.54 Å². The topological polar surface area (TPSA) is 69.6 Å². The smallest absolute Gasteiger partial charge is 0.185 e. The number of aromatic nitrogens is 4. The minimum atomic E-state index is -0.320. The fourth-order valence-corrected chi connectivity index (χ4v) is 2.16. The monoisotopic (exact) mass is 277 g/mol. The lowest BCUT2D eigenvalue weighted by molar-refractivity contribution is 0.484. The van der Waals surface area contributed by atoms with Crippen molar-refractivity contribution in [3.63, 3.8) is 0 Å². The number of anilines is 1. The van der Waals surface area contributed by atoms with Gasteiger partial charge in [-0.25, -0.2) is 9.07 Å². The summed E-state index contributed by atoms with van der Waals surface area (Å²) in [7, 11) is 0. The van der Waals surface area contributed by atoms with E-state index in [0.717, 1.165) is 12.8 Å². The van der Waals surface area contributed by atoms with E-state index in [1.807, 2.05) is 0 Å². The van der Waals surface area contributed by atoms with Crippen LogP contribution in [0.2, 0.25) is 0 Å². The molecule has 2 rings (SSSR count). The van der Waals surface area contributed by atoms with E-state index in [0.29, 0.717) is 35.1 Å². The molecule has 0 aliphatic rings. The van der Waals surface area contributed by atoms with Gasteiger partial charge in [0, 0.05) is 12.2 Å². The highest BCUT2D eigenvalue weighted by Gasteiger charge is 2.16. The van der Waals surface area contributed by atoms with Crippen molar-refractivity contribution in [2.45, 2.75) is 40.2 Å². The summed E-state index contributed by atoms with van der Waals surface area (Å²) in [5.41, 5.74) is 7.15. The molecule has 1 heterocycles. The summed E-state index contributed by atoms with van der Waals surface area (Å²) in [5, 5.41) is 11.5. The first-order valence-corrected chi connectivity index (χ1v) is 6.81. The lowest BCUT2D eigenvalue weighted by Gasteiger charge is -2.09. The number of rotatable bonds is 5. The van der Waals surface area contributed by atoms with Crippen LogP contribution in [0.15, 0.2) is 12.1 Å². The number of benzene rings is 1. The van der Waals surface area contributed by atoms with E-state index in [2.05, 4.69) is 29.4 Å². The molecule has 1 aromatic carbocycles. The summed E-state index contributed by atoms with van der Waals surface area (Å²) in [6, 6.07) is 3.18. The molecular formula is C14H20FN5. The van der Waals surface area contributed by atoms with Crippen LogP contribution in [0.3, 0.4) is 0 Å². The van der Waals surface area contributed by atoms with Gasteiger partial charge in [0.25, 0.3) is 0 Å². The number of hydrogen-bond donors (Lipinski definition) is 1. The lowest BCUT2D eigenvalue weighted by atomic mass is 10.1. The molecule has 1 aromatic heterocycles. The zero-order chi connectivity index (χ0) is 14.7. The number of aryl methyl sites for hydroxylation is 2. The van der Waals surface area contributed by atoms with Crippen molar-refractivity contribution in [3.05, 3.63) is 23.5 Å². The van der Waals surface area contributed by atoms with Crippen molar-refractivity contribution in [1.29, 1.82) is 0 Å². The second kappa shape index (κ2) is 5.98. The standard InChI is InChI=1S/C14H20FN5/c1-9(2)5-4-6-20-14(17-18-19-20)12-8-11(16)7-10(3)13(12)15/h7-9H,4-6,16H2,1-3H3. The molecule has 0 amide bonds. The summed E-state index contributed by atoms with van der Waals surface area (Å²) < 4.78 is 15.8. The van der Waals surface area contributed by atoms with E-state index >= 15 is 0 Å². The molecule has 108 valence electrons. The van der Waals surface area contributed by atoms with Gasteiger partial charge in [-0.05, 0) is 53.8 Å². The Morgan fingerprint density at radius 3 is 2.80 bits per heavy atom. The van der Waals surface area contributed by atoms with Crippen LogP contribution < -0.4 is 5.73 Å². The predicted molar refractivity (Wildman–Crippen MR) is 76.4 cm³/mol. The van der Waals surface area contributed by atoms with E-state index in [1.54, 1.807) is 23.7 Å². The van der Waals surface area contributed by atoms with Gasteiger partial charge in [0.15, 0.2) is 5.82 Å². The molecular weight excluding hydrogens is 257 g/mol. The highest BCUT2D eigenvalue weighted by molar-refractivity contribution is 5.63. The molecule has 0 unspecified atom stereocenters. The fraction of sp³-hybridized carbons (Fsp3) is 0.500. The number of nitrogens with zero attached hydrogens (tertiary/aromatic N) is 4. The first kappa shape index (κ1) is 14.4. The Balaban J connectivity index is 2.28. The van der Waals surface area contributed by atoms with E-state index in [4.69, 9.17) is 5.73 Å². The van der Waals surface area contributed by atoms with Gasteiger partial charge >= 0.3 is 0 Å². The van der Waals surface area contributed by atoms with Gasteiger partial charge in [-0.1, -0.05) is 13.8 Å². The molecule has 0 saturated heterocycles. The molecule has 0 spiro atoms. The van der Waals surface area contributed by atoms with Gasteiger partial charge in [-0.3, -0.25) is 0 Å². The Morgan fingerprint density at radius 1 is 1.35 bits per heavy atom. The van der Waals surface area contributed by atoms with Crippen LogP contribution in [0.1, 0.15) is 32.3 Å². The van der Waals surface area contributed by atoms with Crippen LogP contribution in [0, 0.1) is 18.7 Å². The summed E-state index contributed by atoms with van der Waals surface area (Å²) in [6.07, 6.45) is 2.04. The van der Waals surface area contributed by atoms with Crippen molar-refractivity contribution in [1.82, 2.24) is 20.2 Å². The Morgan fingerprint density at radius 2 is 2.10 bits per heavy atom. The van der Waals surface area contributed by atoms with Crippen molar-refractivity contribution in [3.8, 4) is 11.4 Å². The maximum absolute atomic E-state index is 14.2. The number of nitrogens with two attached hydrogens (primary N) is 1. The number of hydrogen-bond acceptors (Lipinski definition) is 4. The quantitative estimate of drug-likeness (QED) is 0.853. The van der Waals surface area contributed by atoms with Gasteiger partial charge in [-0.15, -0.1) is 5.10 Å². The van der Waals surface area contributed by atoms with Gasteiger partial charge in [0.05, 0.1) is 5.56 Å². The lowest BCUT2D eigenvalue weighted by Crippen LogP contribution is -2.06. The summed E-state index contributed by atoms with van der Waals surface area (Å²) in [4.78, 5) is 0. The first-order valence-electron chi connectivity index (χ1n) is 6.81. The van der Waals surface area contributed by atoms with E-state index < -0.39 is 0 Å². The van der Waals surface area contributed by atoms with Crippen molar-refractivity contribution in [2.24, 2.45) is 5.92 Å². The van der Waals surface area contributed by atoms with Crippen LogP contribution in [0.4, 0.5) is 10.1 Å². The molecule has 5 nitrogen and oxygen atoms in total. The Hall–Kier alpha value is -1.98. The van der Waals surface area contributed by atoms with Gasteiger partial charge in [0.1, 0.15) is 5.82 Å². The van der Waals surface area contributed by atoms with Gasteiger partial charge < -0.3 is 5.73 Å².